The van der Waals surface area contributed by atoms with Crippen molar-refractivity contribution in [2.24, 2.45) is 5.92 Å². The van der Waals surface area contributed by atoms with Crippen LogP contribution in [0.5, 0.6) is 0 Å². The van der Waals surface area contributed by atoms with Crippen LogP contribution in [0.1, 0.15) is 64.7 Å². The maximum Gasteiger partial charge on any atom is 0.311 e. The van der Waals surface area contributed by atoms with Crippen LogP contribution in [0.4, 0.5) is 0 Å². The molecule has 0 aliphatic rings. The zero-order valence-corrected chi connectivity index (χ0v) is 15.4. The van der Waals surface area contributed by atoms with Crippen LogP contribution in [0.3, 0.4) is 0 Å². The van der Waals surface area contributed by atoms with E-state index in [-0.39, 0.29) is 6.42 Å². The highest BCUT2D eigenvalue weighted by atomic mass is 16.5. The highest BCUT2D eigenvalue weighted by Crippen LogP contribution is 2.11. The lowest BCUT2D eigenvalue weighted by Crippen LogP contribution is -2.27. The van der Waals surface area contributed by atoms with Gasteiger partial charge in [0.2, 0.25) is 0 Å². The molecule has 0 bridgehead atoms. The van der Waals surface area contributed by atoms with Crippen LogP contribution < -0.4 is 0 Å². The van der Waals surface area contributed by atoms with Crippen LogP contribution in [0, 0.1) is 5.92 Å². The molecule has 0 aliphatic heterocycles. The number of carboxylic acid groups (broad SMARTS) is 1. The summed E-state index contributed by atoms with van der Waals surface area (Å²) in [4.78, 5) is 10.8. The second-order valence-corrected chi connectivity index (χ2v) is 6.02. The van der Waals surface area contributed by atoms with E-state index in [1.807, 2.05) is 12.2 Å². The van der Waals surface area contributed by atoms with E-state index in [9.17, 15) is 4.79 Å². The first-order valence-electron chi connectivity index (χ1n) is 9.28. The predicted molar refractivity (Wildman–Crippen MR) is 103 cm³/mol. The molecule has 1 atom stereocenters. The Hall–Kier alpha value is -1.65. The maximum atomic E-state index is 10.8. The van der Waals surface area contributed by atoms with Gasteiger partial charge in [-0.05, 0) is 44.9 Å². The molecule has 0 saturated carbocycles. The Balaban J connectivity index is 3.65. The third-order valence-electron chi connectivity index (χ3n) is 3.78. The fourth-order valence-corrected chi connectivity index (χ4v) is 2.24. The van der Waals surface area contributed by atoms with Crippen molar-refractivity contribution in [1.29, 1.82) is 0 Å². The normalized spacial score (nSPS) is 13.9. The lowest BCUT2D eigenvalue weighted by molar-refractivity contribution is -0.158. The third-order valence-corrected chi connectivity index (χ3v) is 3.78. The molecule has 142 valence electrons. The number of carboxylic acids is 1. The molecule has 1 unspecified atom stereocenters. The number of aliphatic hydroxyl groups excluding tert-OH is 1. The first kappa shape index (κ1) is 23.4. The fraction of sp³-hybridized carbons (Fsp3) is 0.571. The van der Waals surface area contributed by atoms with Gasteiger partial charge in [0.05, 0.1) is 0 Å². The van der Waals surface area contributed by atoms with E-state index >= 15 is 0 Å². The van der Waals surface area contributed by atoms with Gasteiger partial charge in [0.1, 0.15) is 5.92 Å². The summed E-state index contributed by atoms with van der Waals surface area (Å²) in [6.45, 7) is 2.22. The van der Waals surface area contributed by atoms with Crippen molar-refractivity contribution < 1.29 is 20.1 Å². The largest absolute Gasteiger partial charge is 0.481 e. The van der Waals surface area contributed by atoms with Gasteiger partial charge in [0.15, 0.2) is 6.29 Å². The molecular formula is C21H34O4. The molecular weight excluding hydrogens is 316 g/mol. The summed E-state index contributed by atoms with van der Waals surface area (Å²) >= 11 is 0. The van der Waals surface area contributed by atoms with Crippen molar-refractivity contribution in [3.63, 3.8) is 0 Å². The van der Waals surface area contributed by atoms with E-state index in [2.05, 4.69) is 43.4 Å². The minimum Gasteiger partial charge on any atom is -0.481 e. The average Bonchev–Trinajstić information content (AvgIpc) is 2.57. The lowest BCUT2D eigenvalue weighted by Gasteiger charge is -2.12. The molecule has 4 nitrogen and oxygen atoms in total. The van der Waals surface area contributed by atoms with Crippen molar-refractivity contribution in [2.45, 2.75) is 71.0 Å². The summed E-state index contributed by atoms with van der Waals surface area (Å²) in [6.07, 6.45) is 23.5. The average molecular weight is 350 g/mol. The summed E-state index contributed by atoms with van der Waals surface area (Å²) in [5.74, 6) is -2.29. The van der Waals surface area contributed by atoms with Crippen LogP contribution in [-0.4, -0.2) is 27.6 Å². The van der Waals surface area contributed by atoms with Gasteiger partial charge in [-0.3, -0.25) is 4.79 Å². The van der Waals surface area contributed by atoms with Crippen molar-refractivity contribution in [3.05, 3.63) is 48.6 Å². The molecule has 0 fully saturated rings. The second kappa shape index (κ2) is 17.2. The summed E-state index contributed by atoms with van der Waals surface area (Å²) in [6, 6.07) is 0. The van der Waals surface area contributed by atoms with Gasteiger partial charge in [-0.2, -0.15) is 0 Å². The molecule has 0 aromatic heterocycles. The number of carbonyl (C=O) groups is 1. The Labute approximate surface area is 152 Å². The quantitative estimate of drug-likeness (QED) is 0.226. The van der Waals surface area contributed by atoms with E-state index in [1.165, 1.54) is 25.7 Å². The van der Waals surface area contributed by atoms with Crippen LogP contribution in [0.2, 0.25) is 0 Å². The van der Waals surface area contributed by atoms with Crippen LogP contribution >= 0.6 is 0 Å². The minimum absolute atomic E-state index is 0.224. The summed E-state index contributed by atoms with van der Waals surface area (Å²) in [7, 11) is 0. The molecule has 25 heavy (non-hydrogen) atoms. The first-order valence-corrected chi connectivity index (χ1v) is 9.28. The first-order chi connectivity index (χ1) is 12.1. The Morgan fingerprint density at radius 1 is 0.800 bits per heavy atom. The van der Waals surface area contributed by atoms with Gasteiger partial charge in [0.25, 0.3) is 0 Å². The van der Waals surface area contributed by atoms with Crippen LogP contribution in [-0.2, 0) is 4.79 Å². The number of aliphatic hydroxyl groups is 2. The number of aliphatic carboxylic acids is 1. The minimum atomic E-state index is -1.80. The molecule has 0 amide bonds. The molecule has 0 spiro atoms. The smallest absolute Gasteiger partial charge is 0.311 e. The molecule has 0 saturated heterocycles. The van der Waals surface area contributed by atoms with Crippen molar-refractivity contribution >= 4 is 5.97 Å². The molecule has 4 heteroatoms. The van der Waals surface area contributed by atoms with Gasteiger partial charge in [-0.25, -0.2) is 0 Å². The second-order valence-electron chi connectivity index (χ2n) is 6.02. The summed E-state index contributed by atoms with van der Waals surface area (Å²) in [5, 5.41) is 26.7. The topological polar surface area (TPSA) is 77.8 Å². The molecule has 0 aromatic carbocycles. The molecule has 0 aliphatic carbocycles. The zero-order valence-electron chi connectivity index (χ0n) is 15.4. The summed E-state index contributed by atoms with van der Waals surface area (Å²) in [5.41, 5.74) is 0. The highest BCUT2D eigenvalue weighted by molar-refractivity contribution is 5.70. The van der Waals surface area contributed by atoms with E-state index in [4.69, 9.17) is 15.3 Å². The lowest BCUT2D eigenvalue weighted by atomic mass is 10.0. The van der Waals surface area contributed by atoms with Crippen molar-refractivity contribution in [3.8, 4) is 0 Å². The van der Waals surface area contributed by atoms with Gasteiger partial charge >= 0.3 is 5.97 Å². The number of hydrogen-bond acceptors (Lipinski definition) is 3. The Bertz CT molecular complexity index is 433. The van der Waals surface area contributed by atoms with Crippen LogP contribution in [0.15, 0.2) is 48.6 Å². The van der Waals surface area contributed by atoms with Crippen molar-refractivity contribution in [2.75, 3.05) is 0 Å². The van der Waals surface area contributed by atoms with E-state index in [1.54, 1.807) is 0 Å². The number of allylic oxidation sites excluding steroid dienone is 8. The zero-order chi connectivity index (χ0) is 18.8. The Kier molecular flexibility index (Phi) is 16.0. The maximum absolute atomic E-state index is 10.8. The molecule has 0 aromatic rings. The number of unbranched alkanes of at least 4 members (excludes halogenated alkanes) is 3. The van der Waals surface area contributed by atoms with Gasteiger partial charge < -0.3 is 15.3 Å². The monoisotopic (exact) mass is 350 g/mol. The van der Waals surface area contributed by atoms with Gasteiger partial charge in [0, 0.05) is 0 Å². The molecule has 0 radical (unpaired) electrons. The van der Waals surface area contributed by atoms with E-state index < -0.39 is 18.2 Å². The fourth-order valence-electron chi connectivity index (χ4n) is 2.24. The Morgan fingerprint density at radius 3 is 1.72 bits per heavy atom. The van der Waals surface area contributed by atoms with Gasteiger partial charge in [-0.1, -0.05) is 68.4 Å². The SMILES string of the molecule is CCCCC/C=C\C/C=C\C/C=C\C/C=C\CCC(C(=O)O)C(O)O. The highest BCUT2D eigenvalue weighted by Gasteiger charge is 2.23. The molecule has 0 heterocycles. The van der Waals surface area contributed by atoms with E-state index in [0.717, 1.165) is 19.3 Å². The number of rotatable bonds is 15. The van der Waals surface area contributed by atoms with E-state index in [0.29, 0.717) is 6.42 Å². The summed E-state index contributed by atoms with van der Waals surface area (Å²) < 4.78 is 0. The van der Waals surface area contributed by atoms with Crippen molar-refractivity contribution in [1.82, 2.24) is 0 Å². The standard InChI is InChI=1S/C21H34O4/c1-2-3-4-5-6-7-8-9-10-11-12-13-14-15-16-17-18-19(20(22)23)21(24)25/h6-7,9-10,12-13,15-16,19-20,22-23H,2-5,8,11,14,17-18H2,1H3,(H,24,25)/b7-6-,10-9-,13-12-,16-15-. The third kappa shape index (κ3) is 15.6. The van der Waals surface area contributed by atoms with Gasteiger partial charge in [-0.15, -0.1) is 0 Å². The predicted octanol–water partition coefficient (Wildman–Crippen LogP) is 4.75. The Morgan fingerprint density at radius 2 is 1.28 bits per heavy atom. The van der Waals surface area contributed by atoms with Crippen LogP contribution in [0.25, 0.3) is 0 Å². The molecule has 0 rings (SSSR count). The molecule has 3 N–H and O–H groups in total. The number of hydrogen-bond donors (Lipinski definition) is 3.